The van der Waals surface area contributed by atoms with Crippen molar-refractivity contribution < 1.29 is 9.47 Å². The second kappa shape index (κ2) is 7.19. The molecule has 6 heteroatoms. The Kier molecular flexibility index (Phi) is 4.83. The van der Waals surface area contributed by atoms with Crippen molar-refractivity contribution >= 4 is 15.9 Å². The molecule has 1 aromatic carbocycles. The lowest BCUT2D eigenvalue weighted by molar-refractivity contribution is 0.287. The van der Waals surface area contributed by atoms with Gasteiger partial charge in [0.2, 0.25) is 5.88 Å². The van der Waals surface area contributed by atoms with Crippen molar-refractivity contribution in [3.05, 3.63) is 70.6 Å². The number of nitrogens with zero attached hydrogens (tertiary/aromatic N) is 3. The van der Waals surface area contributed by atoms with Gasteiger partial charge in [-0.2, -0.15) is 4.98 Å². The van der Waals surface area contributed by atoms with E-state index in [2.05, 4.69) is 30.9 Å². The Hall–Kier alpha value is -2.47. The molecule has 0 unspecified atom stereocenters. The number of hydrogen-bond donors (Lipinski definition) is 0. The van der Waals surface area contributed by atoms with Crippen LogP contribution in [0.2, 0.25) is 0 Å². The molecule has 0 amide bonds. The van der Waals surface area contributed by atoms with Crippen LogP contribution < -0.4 is 9.47 Å². The van der Waals surface area contributed by atoms with Crippen molar-refractivity contribution in [3.63, 3.8) is 0 Å². The zero-order valence-electron chi connectivity index (χ0n) is 12.4. The Bertz CT molecular complexity index is 797. The summed E-state index contributed by atoms with van der Waals surface area (Å²) in [6, 6.07) is 15.5. The lowest BCUT2D eigenvalue weighted by Crippen LogP contribution is -1.99. The molecule has 0 fully saturated rings. The van der Waals surface area contributed by atoms with Crippen LogP contribution in [-0.4, -0.2) is 15.0 Å². The molecule has 0 atom stereocenters. The van der Waals surface area contributed by atoms with E-state index in [1.54, 1.807) is 12.3 Å². The number of ether oxygens (including phenoxy) is 2. The van der Waals surface area contributed by atoms with Gasteiger partial charge in [-0.05, 0) is 40.5 Å². The fraction of sp³-hybridized carbons (Fsp3) is 0.118. The molecular weight excluding hydrogens is 358 g/mol. The maximum Gasteiger partial charge on any atom is 0.325 e. The van der Waals surface area contributed by atoms with E-state index in [4.69, 9.17) is 9.47 Å². The third kappa shape index (κ3) is 4.26. The van der Waals surface area contributed by atoms with Crippen LogP contribution in [0, 0.1) is 6.92 Å². The van der Waals surface area contributed by atoms with Crippen LogP contribution in [0.15, 0.2) is 59.3 Å². The average Bonchev–Trinajstić information content (AvgIpc) is 2.57. The van der Waals surface area contributed by atoms with Gasteiger partial charge in [-0.1, -0.05) is 30.3 Å². The van der Waals surface area contributed by atoms with Gasteiger partial charge in [0.15, 0.2) is 5.75 Å². The van der Waals surface area contributed by atoms with Gasteiger partial charge < -0.3 is 9.47 Å². The van der Waals surface area contributed by atoms with Gasteiger partial charge >= 0.3 is 6.01 Å². The molecule has 2 heterocycles. The van der Waals surface area contributed by atoms with Gasteiger partial charge in [0.05, 0.1) is 0 Å². The van der Waals surface area contributed by atoms with Crippen molar-refractivity contribution in [1.29, 1.82) is 0 Å². The van der Waals surface area contributed by atoms with E-state index in [0.29, 0.717) is 22.8 Å². The Morgan fingerprint density at radius 1 is 1.00 bits per heavy atom. The first-order chi connectivity index (χ1) is 11.2. The first-order valence-corrected chi connectivity index (χ1v) is 7.81. The molecule has 2 aromatic heterocycles. The second-order valence-electron chi connectivity index (χ2n) is 4.80. The smallest absolute Gasteiger partial charge is 0.325 e. The summed E-state index contributed by atoms with van der Waals surface area (Å²) in [5.41, 5.74) is 1.96. The highest BCUT2D eigenvalue weighted by Gasteiger charge is 2.08. The molecule has 23 heavy (non-hydrogen) atoms. The summed E-state index contributed by atoms with van der Waals surface area (Å²) in [5.74, 6) is 1.01. The molecule has 0 spiro atoms. The van der Waals surface area contributed by atoms with Gasteiger partial charge in [0.1, 0.15) is 11.2 Å². The molecule has 5 nitrogen and oxygen atoms in total. The predicted molar refractivity (Wildman–Crippen MR) is 89.6 cm³/mol. The standard InChI is InChI=1S/C17H14BrN3O2/c1-12-7-8-14(16(18)20-12)23-17-19-10-9-15(21-17)22-11-13-5-3-2-4-6-13/h2-10H,11H2,1H3. The van der Waals surface area contributed by atoms with Crippen molar-refractivity contribution in [2.24, 2.45) is 0 Å². The minimum absolute atomic E-state index is 0.210. The summed E-state index contributed by atoms with van der Waals surface area (Å²) < 4.78 is 11.9. The molecule has 0 aliphatic rings. The number of rotatable bonds is 5. The second-order valence-corrected chi connectivity index (χ2v) is 5.55. The van der Waals surface area contributed by atoms with Crippen molar-refractivity contribution in [2.75, 3.05) is 0 Å². The number of halogens is 1. The van der Waals surface area contributed by atoms with Crippen LogP contribution in [0.1, 0.15) is 11.3 Å². The zero-order valence-corrected chi connectivity index (χ0v) is 14.0. The van der Waals surface area contributed by atoms with Gasteiger partial charge in [0, 0.05) is 18.0 Å². The maximum absolute atomic E-state index is 5.66. The Balaban J connectivity index is 1.69. The maximum atomic E-state index is 5.66. The van der Waals surface area contributed by atoms with Crippen LogP contribution in [0.25, 0.3) is 0 Å². The van der Waals surface area contributed by atoms with Gasteiger partial charge in [0.25, 0.3) is 0 Å². The fourth-order valence-corrected chi connectivity index (χ4v) is 2.37. The molecule has 0 bridgehead atoms. The Labute approximate surface area is 142 Å². The molecule has 0 N–H and O–H groups in total. The average molecular weight is 372 g/mol. The lowest BCUT2D eigenvalue weighted by Gasteiger charge is -2.08. The lowest BCUT2D eigenvalue weighted by atomic mass is 10.2. The third-order valence-electron chi connectivity index (χ3n) is 2.99. The number of hydrogen-bond acceptors (Lipinski definition) is 5. The number of pyridine rings is 1. The van der Waals surface area contributed by atoms with E-state index in [-0.39, 0.29) is 6.01 Å². The summed E-state index contributed by atoms with van der Waals surface area (Å²) in [4.78, 5) is 12.6. The third-order valence-corrected chi connectivity index (χ3v) is 3.56. The highest BCUT2D eigenvalue weighted by atomic mass is 79.9. The van der Waals surface area contributed by atoms with E-state index in [1.165, 1.54) is 0 Å². The highest BCUT2D eigenvalue weighted by Crippen LogP contribution is 2.27. The predicted octanol–water partition coefficient (Wildman–Crippen LogP) is 4.31. The molecule has 3 aromatic rings. The molecule has 0 saturated heterocycles. The van der Waals surface area contributed by atoms with E-state index < -0.39 is 0 Å². The van der Waals surface area contributed by atoms with Crippen LogP contribution in [0.4, 0.5) is 0 Å². The van der Waals surface area contributed by atoms with E-state index >= 15 is 0 Å². The van der Waals surface area contributed by atoms with Crippen LogP contribution in [-0.2, 0) is 6.61 Å². The molecule has 0 radical (unpaired) electrons. The first kappa shape index (κ1) is 15.4. The first-order valence-electron chi connectivity index (χ1n) is 7.01. The van der Waals surface area contributed by atoms with Crippen LogP contribution in [0.3, 0.4) is 0 Å². The number of aromatic nitrogens is 3. The van der Waals surface area contributed by atoms with E-state index in [1.807, 2.05) is 49.4 Å². The molecule has 0 aliphatic carbocycles. The van der Waals surface area contributed by atoms with E-state index in [0.717, 1.165) is 11.3 Å². The zero-order chi connectivity index (χ0) is 16.1. The molecule has 0 saturated carbocycles. The Morgan fingerprint density at radius 3 is 2.61 bits per heavy atom. The van der Waals surface area contributed by atoms with Crippen molar-refractivity contribution in [2.45, 2.75) is 13.5 Å². The number of benzene rings is 1. The minimum Gasteiger partial charge on any atom is -0.473 e. The molecule has 116 valence electrons. The monoisotopic (exact) mass is 371 g/mol. The normalized spacial score (nSPS) is 10.3. The van der Waals surface area contributed by atoms with Crippen LogP contribution >= 0.6 is 15.9 Å². The summed E-state index contributed by atoms with van der Waals surface area (Å²) in [6.45, 7) is 2.34. The molecule has 0 aliphatic heterocycles. The number of aryl methyl sites for hydroxylation is 1. The molecule has 3 rings (SSSR count). The largest absolute Gasteiger partial charge is 0.473 e. The summed E-state index contributed by atoms with van der Waals surface area (Å²) >= 11 is 3.36. The Morgan fingerprint density at radius 2 is 1.83 bits per heavy atom. The summed E-state index contributed by atoms with van der Waals surface area (Å²) in [6.07, 6.45) is 1.60. The van der Waals surface area contributed by atoms with Gasteiger partial charge in [-0.3, -0.25) is 0 Å². The minimum atomic E-state index is 0.210. The summed E-state index contributed by atoms with van der Waals surface area (Å²) in [5, 5.41) is 0. The van der Waals surface area contributed by atoms with Crippen molar-refractivity contribution in [3.8, 4) is 17.6 Å². The van der Waals surface area contributed by atoms with Crippen molar-refractivity contribution in [1.82, 2.24) is 15.0 Å². The van der Waals surface area contributed by atoms with Gasteiger partial charge in [-0.25, -0.2) is 9.97 Å². The highest BCUT2D eigenvalue weighted by molar-refractivity contribution is 9.10. The topological polar surface area (TPSA) is 57.1 Å². The molecular formula is C17H14BrN3O2. The summed E-state index contributed by atoms with van der Waals surface area (Å²) in [7, 11) is 0. The van der Waals surface area contributed by atoms with Crippen LogP contribution in [0.5, 0.6) is 17.6 Å². The van der Waals surface area contributed by atoms with E-state index in [9.17, 15) is 0 Å². The fourth-order valence-electron chi connectivity index (χ4n) is 1.87. The van der Waals surface area contributed by atoms with Gasteiger partial charge in [-0.15, -0.1) is 0 Å². The quantitative estimate of drug-likeness (QED) is 0.625. The SMILES string of the molecule is Cc1ccc(Oc2nccc(OCc3ccccc3)n2)c(Br)n1.